The summed E-state index contributed by atoms with van der Waals surface area (Å²) in [6.07, 6.45) is 0.171. The van der Waals surface area contributed by atoms with Crippen LogP contribution in [0.1, 0.15) is 72.6 Å². The molecule has 38 heavy (non-hydrogen) atoms. The monoisotopic (exact) mass is 525 g/mol. The minimum Gasteiger partial charge on any atom is -0.497 e. The maximum atomic E-state index is 14.1. The number of hydrogen-bond donors (Lipinski definition) is 2. The number of carbonyl (C=O) groups excluding carboxylic acids is 3. The Hall–Kier alpha value is -3.55. The van der Waals surface area contributed by atoms with Gasteiger partial charge in [0.25, 0.3) is 5.91 Å². The molecule has 2 rings (SSSR count). The topological polar surface area (TPSA) is 97.0 Å². The lowest BCUT2D eigenvalue weighted by molar-refractivity contribution is -0.143. The predicted molar refractivity (Wildman–Crippen MR) is 150 cm³/mol. The van der Waals surface area contributed by atoms with E-state index in [0.29, 0.717) is 17.0 Å². The highest BCUT2D eigenvalue weighted by Gasteiger charge is 2.39. The van der Waals surface area contributed by atoms with Gasteiger partial charge in [0.1, 0.15) is 23.4 Å². The molecule has 2 unspecified atom stereocenters. The largest absolute Gasteiger partial charge is 0.497 e. The number of carbonyl (C=O) groups is 3. The molecule has 208 valence electrons. The Morgan fingerprint density at radius 2 is 1.50 bits per heavy atom. The van der Waals surface area contributed by atoms with Crippen LogP contribution in [0.3, 0.4) is 0 Å². The van der Waals surface area contributed by atoms with E-state index in [2.05, 4.69) is 17.6 Å². The van der Waals surface area contributed by atoms with E-state index in [4.69, 9.17) is 9.47 Å². The van der Waals surface area contributed by atoms with Gasteiger partial charge in [-0.3, -0.25) is 9.59 Å². The SMILES string of the molecule is CCc1ccc(C(C(=O)Nc2ccc(OC)cc2)N(C(=O)C(NC(=O)OC(C)(C)C)C(C)C)C(C)C)cc1. The quantitative estimate of drug-likeness (QED) is 0.413. The van der Waals surface area contributed by atoms with Crippen molar-refractivity contribution < 1.29 is 23.9 Å². The second-order valence-corrected chi connectivity index (χ2v) is 10.9. The second-order valence-electron chi connectivity index (χ2n) is 10.9. The third-order valence-corrected chi connectivity index (χ3v) is 6.00. The molecule has 0 fully saturated rings. The number of hydrogen-bond acceptors (Lipinski definition) is 5. The van der Waals surface area contributed by atoms with Gasteiger partial charge >= 0.3 is 6.09 Å². The fourth-order valence-corrected chi connectivity index (χ4v) is 4.05. The summed E-state index contributed by atoms with van der Waals surface area (Å²) < 4.78 is 10.6. The highest BCUT2D eigenvalue weighted by Crippen LogP contribution is 2.28. The van der Waals surface area contributed by atoms with E-state index in [1.54, 1.807) is 57.0 Å². The van der Waals surface area contributed by atoms with Gasteiger partial charge in [-0.1, -0.05) is 45.0 Å². The van der Waals surface area contributed by atoms with E-state index in [-0.39, 0.29) is 23.8 Å². The van der Waals surface area contributed by atoms with Crippen LogP contribution in [0.4, 0.5) is 10.5 Å². The smallest absolute Gasteiger partial charge is 0.408 e. The molecule has 2 N–H and O–H groups in total. The van der Waals surface area contributed by atoms with E-state index in [0.717, 1.165) is 12.0 Å². The van der Waals surface area contributed by atoms with Gasteiger partial charge in [-0.15, -0.1) is 0 Å². The van der Waals surface area contributed by atoms with E-state index >= 15 is 0 Å². The standard InChI is InChI=1S/C30H43N3O5/c1-10-21-11-13-22(14-12-21)26(27(34)31-23-15-17-24(37-9)18-16-23)33(20(4)5)28(35)25(19(2)3)32-29(36)38-30(6,7)8/h11-20,25-26H,10H2,1-9H3,(H,31,34)(H,32,36). The maximum absolute atomic E-state index is 14.1. The van der Waals surface area contributed by atoms with E-state index in [9.17, 15) is 14.4 Å². The van der Waals surface area contributed by atoms with Crippen LogP contribution >= 0.6 is 0 Å². The number of anilines is 1. The Labute approximate surface area is 227 Å². The summed E-state index contributed by atoms with van der Waals surface area (Å²) in [5.74, 6) is -0.303. The van der Waals surface area contributed by atoms with Crippen LogP contribution in [0, 0.1) is 5.92 Å². The van der Waals surface area contributed by atoms with Crippen molar-refractivity contribution in [2.75, 3.05) is 12.4 Å². The molecule has 0 aliphatic rings. The van der Waals surface area contributed by atoms with Crippen molar-refractivity contribution in [2.24, 2.45) is 5.92 Å². The summed E-state index contributed by atoms with van der Waals surface area (Å²) >= 11 is 0. The summed E-state index contributed by atoms with van der Waals surface area (Å²) in [7, 11) is 1.58. The Kier molecular flexibility index (Phi) is 10.7. The molecule has 8 heteroatoms. The number of nitrogens with zero attached hydrogens (tertiary/aromatic N) is 1. The van der Waals surface area contributed by atoms with Crippen LogP contribution in [0.2, 0.25) is 0 Å². The summed E-state index contributed by atoms with van der Waals surface area (Å²) in [5, 5.41) is 5.69. The number of benzene rings is 2. The molecule has 3 amide bonds. The van der Waals surface area contributed by atoms with Gasteiger partial charge in [0, 0.05) is 11.7 Å². The fraction of sp³-hybridized carbons (Fsp3) is 0.500. The van der Waals surface area contributed by atoms with Gasteiger partial charge < -0.3 is 25.0 Å². The van der Waals surface area contributed by atoms with E-state index in [1.807, 2.05) is 52.0 Å². The van der Waals surface area contributed by atoms with Crippen LogP contribution in [0.5, 0.6) is 5.75 Å². The molecule has 0 spiro atoms. The molecule has 2 atom stereocenters. The van der Waals surface area contributed by atoms with Crippen molar-refractivity contribution in [2.45, 2.75) is 85.5 Å². The summed E-state index contributed by atoms with van der Waals surface area (Å²) in [4.78, 5) is 42.0. The minimum absolute atomic E-state index is 0.246. The van der Waals surface area contributed by atoms with Gasteiger partial charge in [0.2, 0.25) is 5.91 Å². The van der Waals surface area contributed by atoms with Crippen molar-refractivity contribution in [1.82, 2.24) is 10.2 Å². The van der Waals surface area contributed by atoms with E-state index < -0.39 is 23.8 Å². The van der Waals surface area contributed by atoms with Gasteiger partial charge in [-0.2, -0.15) is 0 Å². The van der Waals surface area contributed by atoms with Gasteiger partial charge in [0.15, 0.2) is 0 Å². The Balaban J connectivity index is 2.49. The number of rotatable bonds is 10. The zero-order chi connectivity index (χ0) is 28.6. The number of aryl methyl sites for hydroxylation is 1. The van der Waals surface area contributed by atoms with Crippen molar-refractivity contribution in [3.63, 3.8) is 0 Å². The molecule has 0 aliphatic heterocycles. The molecule has 0 saturated carbocycles. The minimum atomic E-state index is -0.933. The summed E-state index contributed by atoms with van der Waals surface area (Å²) in [6, 6.07) is 12.5. The third-order valence-electron chi connectivity index (χ3n) is 6.00. The van der Waals surface area contributed by atoms with Crippen molar-refractivity contribution in [3.8, 4) is 5.75 Å². The van der Waals surface area contributed by atoms with E-state index in [1.165, 1.54) is 0 Å². The van der Waals surface area contributed by atoms with Crippen LogP contribution in [-0.4, -0.2) is 47.6 Å². The first-order chi connectivity index (χ1) is 17.8. The molecule has 2 aromatic carbocycles. The Morgan fingerprint density at radius 1 is 0.921 bits per heavy atom. The molecular formula is C30H43N3O5. The fourth-order valence-electron chi connectivity index (χ4n) is 4.05. The molecule has 2 aromatic rings. The lowest BCUT2D eigenvalue weighted by Gasteiger charge is -2.38. The van der Waals surface area contributed by atoms with Gasteiger partial charge in [-0.25, -0.2) is 4.79 Å². The second kappa shape index (κ2) is 13.3. The van der Waals surface area contributed by atoms with Crippen LogP contribution in [0.15, 0.2) is 48.5 Å². The highest BCUT2D eigenvalue weighted by molar-refractivity contribution is 5.99. The van der Waals surface area contributed by atoms with Crippen molar-refractivity contribution in [1.29, 1.82) is 0 Å². The Bertz CT molecular complexity index is 1070. The van der Waals surface area contributed by atoms with Gasteiger partial charge in [-0.05, 0) is 82.3 Å². The number of methoxy groups -OCH3 is 1. The maximum Gasteiger partial charge on any atom is 0.408 e. The molecule has 0 aromatic heterocycles. The average Bonchev–Trinajstić information content (AvgIpc) is 2.84. The molecule has 0 saturated heterocycles. The number of alkyl carbamates (subject to hydrolysis) is 1. The van der Waals surface area contributed by atoms with Crippen molar-refractivity contribution >= 4 is 23.6 Å². The lowest BCUT2D eigenvalue weighted by atomic mass is 9.96. The Morgan fingerprint density at radius 3 is 1.95 bits per heavy atom. The lowest BCUT2D eigenvalue weighted by Crippen LogP contribution is -2.56. The predicted octanol–water partition coefficient (Wildman–Crippen LogP) is 5.72. The summed E-state index contributed by atoms with van der Waals surface area (Å²) in [6.45, 7) is 14.8. The molecule has 0 bridgehead atoms. The third kappa shape index (κ3) is 8.50. The number of nitrogens with one attached hydrogen (secondary N) is 2. The summed E-state index contributed by atoms with van der Waals surface area (Å²) in [5.41, 5.74) is 1.66. The molecular weight excluding hydrogens is 482 g/mol. The number of ether oxygens (including phenoxy) is 2. The van der Waals surface area contributed by atoms with Crippen LogP contribution in [-0.2, 0) is 20.7 Å². The molecule has 8 nitrogen and oxygen atoms in total. The number of amides is 3. The highest BCUT2D eigenvalue weighted by atomic mass is 16.6. The van der Waals surface area contributed by atoms with Crippen LogP contribution < -0.4 is 15.4 Å². The first kappa shape index (κ1) is 30.7. The molecule has 0 aliphatic carbocycles. The molecule has 0 radical (unpaired) electrons. The molecule has 0 heterocycles. The first-order valence-electron chi connectivity index (χ1n) is 13.1. The first-order valence-corrected chi connectivity index (χ1v) is 13.1. The normalized spacial score (nSPS) is 13.0. The van der Waals surface area contributed by atoms with Gasteiger partial charge in [0.05, 0.1) is 7.11 Å². The zero-order valence-corrected chi connectivity index (χ0v) is 24.1. The van der Waals surface area contributed by atoms with Crippen LogP contribution in [0.25, 0.3) is 0 Å². The van der Waals surface area contributed by atoms with Crippen molar-refractivity contribution in [3.05, 3.63) is 59.7 Å². The average molecular weight is 526 g/mol. The zero-order valence-electron chi connectivity index (χ0n) is 24.1.